The highest BCUT2D eigenvalue weighted by Gasteiger charge is 2.36. The van der Waals surface area contributed by atoms with E-state index in [1.54, 1.807) is 24.3 Å². The third-order valence-corrected chi connectivity index (χ3v) is 4.83. The van der Waals surface area contributed by atoms with E-state index in [1.165, 1.54) is 14.2 Å². The van der Waals surface area contributed by atoms with E-state index in [2.05, 4.69) is 11.1 Å². The number of nitrogens with one attached hydrogen (secondary N) is 1. The molecule has 0 radical (unpaired) electrons. The summed E-state index contributed by atoms with van der Waals surface area (Å²) in [6, 6.07) is 14.6. The topological polar surface area (TPSA) is 110 Å². The number of nitrogens with two attached hydrogens (primary N) is 1. The first-order valence-electron chi connectivity index (χ1n) is 8.54. The molecule has 28 heavy (non-hydrogen) atoms. The van der Waals surface area contributed by atoms with Gasteiger partial charge in [-0.3, -0.25) is 4.79 Å². The number of rotatable bonds is 3. The van der Waals surface area contributed by atoms with Gasteiger partial charge in [0.25, 0.3) is 5.56 Å². The number of ether oxygens (including phenoxy) is 3. The van der Waals surface area contributed by atoms with Gasteiger partial charge >= 0.3 is 0 Å². The zero-order chi connectivity index (χ0) is 19.8. The van der Waals surface area contributed by atoms with Crippen LogP contribution in [-0.4, -0.2) is 19.2 Å². The van der Waals surface area contributed by atoms with Gasteiger partial charge in [-0.25, -0.2) is 0 Å². The molecule has 0 amide bonds. The predicted octanol–water partition coefficient (Wildman–Crippen LogP) is 2.76. The Kier molecular flexibility index (Phi) is 4.17. The summed E-state index contributed by atoms with van der Waals surface area (Å²) in [6.07, 6.45) is 0. The fraction of sp³-hybridized carbons (Fsp3) is 0.143. The van der Waals surface area contributed by atoms with Crippen molar-refractivity contribution in [3.05, 3.63) is 75.4 Å². The van der Waals surface area contributed by atoms with Gasteiger partial charge in [0.1, 0.15) is 17.4 Å². The molecule has 0 aliphatic carbocycles. The molecule has 7 nitrogen and oxygen atoms in total. The highest BCUT2D eigenvalue weighted by molar-refractivity contribution is 5.87. The Balaban J connectivity index is 2.11. The van der Waals surface area contributed by atoms with E-state index in [1.807, 2.05) is 18.2 Å². The van der Waals surface area contributed by atoms with Crippen molar-refractivity contribution in [3.8, 4) is 23.3 Å². The number of aromatic amines is 1. The van der Waals surface area contributed by atoms with Gasteiger partial charge in [-0.05, 0) is 18.2 Å². The van der Waals surface area contributed by atoms with E-state index in [0.29, 0.717) is 39.3 Å². The molecule has 1 aliphatic rings. The Labute approximate surface area is 160 Å². The lowest BCUT2D eigenvalue weighted by Crippen LogP contribution is -2.28. The molecule has 0 saturated carbocycles. The highest BCUT2D eigenvalue weighted by Crippen LogP contribution is 2.47. The summed E-state index contributed by atoms with van der Waals surface area (Å²) in [6.45, 7) is 0. The van der Waals surface area contributed by atoms with Crippen molar-refractivity contribution >= 4 is 10.9 Å². The second kappa shape index (κ2) is 6.67. The van der Waals surface area contributed by atoms with E-state index in [-0.39, 0.29) is 17.0 Å². The number of methoxy groups -OCH3 is 2. The maximum absolute atomic E-state index is 13.0. The second-order valence-electron chi connectivity index (χ2n) is 6.25. The Morgan fingerprint density at radius 2 is 1.93 bits per heavy atom. The van der Waals surface area contributed by atoms with Crippen molar-refractivity contribution in [1.82, 2.24) is 4.98 Å². The number of aromatic nitrogens is 1. The van der Waals surface area contributed by atoms with Gasteiger partial charge < -0.3 is 24.9 Å². The molecule has 2 heterocycles. The van der Waals surface area contributed by atoms with Crippen LogP contribution in [0, 0.1) is 11.3 Å². The third kappa shape index (κ3) is 2.47. The van der Waals surface area contributed by atoms with Gasteiger partial charge in [0.15, 0.2) is 11.5 Å². The van der Waals surface area contributed by atoms with Crippen LogP contribution >= 0.6 is 0 Å². The number of hydrogen-bond donors (Lipinski definition) is 2. The number of nitrogens with zero attached hydrogens (tertiary/aromatic N) is 1. The minimum atomic E-state index is -0.757. The lowest BCUT2D eigenvalue weighted by Gasteiger charge is -2.27. The first kappa shape index (κ1) is 17.5. The van der Waals surface area contributed by atoms with E-state index in [9.17, 15) is 10.1 Å². The minimum Gasteiger partial charge on any atom is -0.493 e. The van der Waals surface area contributed by atoms with Gasteiger partial charge in [-0.15, -0.1) is 0 Å². The molecule has 1 aliphatic heterocycles. The fourth-order valence-corrected chi connectivity index (χ4v) is 3.62. The summed E-state index contributed by atoms with van der Waals surface area (Å²) in [4.78, 5) is 15.9. The molecule has 0 fully saturated rings. The summed E-state index contributed by atoms with van der Waals surface area (Å²) >= 11 is 0. The number of benzene rings is 2. The van der Waals surface area contributed by atoms with E-state index >= 15 is 0 Å². The highest BCUT2D eigenvalue weighted by atomic mass is 16.5. The monoisotopic (exact) mass is 375 g/mol. The van der Waals surface area contributed by atoms with Crippen molar-refractivity contribution in [2.75, 3.05) is 14.2 Å². The minimum absolute atomic E-state index is 0.0411. The standard InChI is InChI=1S/C21H17N3O4/c1-26-15-9-5-7-12(18(15)27-2)16-13(10-22)20(23)28-19-11-6-3-4-8-14(11)24-21(25)17(16)19/h3-9,16H,23H2,1-2H3,(H,24,25)/t16-/m0/s1. The maximum Gasteiger partial charge on any atom is 0.256 e. The van der Waals surface area contributed by atoms with E-state index < -0.39 is 5.92 Å². The number of fused-ring (bicyclic) bond motifs is 3. The van der Waals surface area contributed by atoms with Crippen LogP contribution in [0.1, 0.15) is 17.0 Å². The SMILES string of the molecule is COc1cccc([C@H]2C(C#N)=C(N)Oc3c2c(=O)[nH]c2ccccc32)c1OC. The first-order chi connectivity index (χ1) is 13.6. The van der Waals surface area contributed by atoms with E-state index in [4.69, 9.17) is 19.9 Å². The van der Waals surface area contributed by atoms with Crippen LogP contribution in [-0.2, 0) is 0 Å². The van der Waals surface area contributed by atoms with Crippen molar-refractivity contribution in [1.29, 1.82) is 5.26 Å². The number of H-pyrrole nitrogens is 1. The van der Waals surface area contributed by atoms with Gasteiger partial charge in [0.05, 0.1) is 31.2 Å². The molecule has 0 spiro atoms. The molecule has 1 aromatic heterocycles. The van der Waals surface area contributed by atoms with Crippen LogP contribution in [0.2, 0.25) is 0 Å². The summed E-state index contributed by atoms with van der Waals surface area (Å²) in [5, 5.41) is 10.5. The lowest BCUT2D eigenvalue weighted by atomic mass is 9.83. The summed E-state index contributed by atoms with van der Waals surface area (Å²) in [7, 11) is 3.03. The Bertz CT molecular complexity index is 1220. The average Bonchev–Trinajstić information content (AvgIpc) is 2.72. The Hall–Kier alpha value is -3.92. The van der Waals surface area contributed by atoms with E-state index in [0.717, 1.165) is 0 Å². The van der Waals surface area contributed by atoms with Crippen molar-refractivity contribution in [2.45, 2.75) is 5.92 Å². The smallest absolute Gasteiger partial charge is 0.256 e. The fourth-order valence-electron chi connectivity index (χ4n) is 3.62. The Morgan fingerprint density at radius 1 is 1.14 bits per heavy atom. The molecule has 7 heteroatoms. The molecule has 3 N–H and O–H groups in total. The molecule has 0 saturated heterocycles. The molecule has 140 valence electrons. The quantitative estimate of drug-likeness (QED) is 0.728. The van der Waals surface area contributed by atoms with Crippen molar-refractivity contribution in [2.24, 2.45) is 5.73 Å². The molecule has 1 atom stereocenters. The van der Waals surface area contributed by atoms with Crippen LogP contribution in [0.25, 0.3) is 10.9 Å². The zero-order valence-corrected chi connectivity index (χ0v) is 15.3. The third-order valence-electron chi connectivity index (χ3n) is 4.83. The summed E-state index contributed by atoms with van der Waals surface area (Å²) < 4.78 is 16.7. The van der Waals surface area contributed by atoms with Crippen LogP contribution in [0.4, 0.5) is 0 Å². The maximum atomic E-state index is 13.0. The first-order valence-corrected chi connectivity index (χ1v) is 8.54. The number of pyridine rings is 1. The van der Waals surface area contributed by atoms with Crippen LogP contribution in [0.3, 0.4) is 0 Å². The molecular weight excluding hydrogens is 358 g/mol. The van der Waals surface area contributed by atoms with Crippen molar-refractivity contribution in [3.63, 3.8) is 0 Å². The molecule has 0 bridgehead atoms. The molecule has 0 unspecified atom stereocenters. The Morgan fingerprint density at radius 3 is 2.64 bits per heavy atom. The van der Waals surface area contributed by atoms with Crippen LogP contribution in [0.5, 0.6) is 17.2 Å². The van der Waals surface area contributed by atoms with Gasteiger partial charge in [0.2, 0.25) is 5.88 Å². The summed E-state index contributed by atoms with van der Waals surface area (Å²) in [5.41, 5.74) is 7.38. The van der Waals surface area contributed by atoms with Gasteiger partial charge in [-0.1, -0.05) is 24.3 Å². The zero-order valence-electron chi connectivity index (χ0n) is 15.3. The van der Waals surface area contributed by atoms with Gasteiger partial charge in [0, 0.05) is 10.9 Å². The lowest BCUT2D eigenvalue weighted by molar-refractivity contribution is 0.349. The normalized spacial score (nSPS) is 15.5. The van der Waals surface area contributed by atoms with Gasteiger partial charge in [-0.2, -0.15) is 5.26 Å². The number of para-hydroxylation sites is 2. The second-order valence-corrected chi connectivity index (χ2v) is 6.25. The number of nitriles is 1. The number of hydrogen-bond acceptors (Lipinski definition) is 6. The predicted molar refractivity (Wildman–Crippen MR) is 103 cm³/mol. The summed E-state index contributed by atoms with van der Waals surface area (Å²) in [5.74, 6) is 0.454. The molecule has 2 aromatic carbocycles. The molecule has 4 rings (SSSR count). The average molecular weight is 375 g/mol. The number of allylic oxidation sites excluding steroid dienone is 1. The van der Waals surface area contributed by atoms with Crippen LogP contribution in [0.15, 0.2) is 58.7 Å². The largest absolute Gasteiger partial charge is 0.493 e. The van der Waals surface area contributed by atoms with Crippen LogP contribution < -0.4 is 25.5 Å². The van der Waals surface area contributed by atoms with Crippen molar-refractivity contribution < 1.29 is 14.2 Å². The molecule has 3 aromatic rings. The molecular formula is C21H17N3O4.